The van der Waals surface area contributed by atoms with Gasteiger partial charge in [0.15, 0.2) is 0 Å². The van der Waals surface area contributed by atoms with E-state index in [4.69, 9.17) is 11.6 Å². The van der Waals surface area contributed by atoms with Gasteiger partial charge in [0.1, 0.15) is 5.82 Å². The molecule has 148 valence electrons. The lowest BCUT2D eigenvalue weighted by atomic mass is 10.1. The summed E-state index contributed by atoms with van der Waals surface area (Å²) in [5.74, 6) is -1.05. The Hall–Kier alpha value is -2.56. The summed E-state index contributed by atoms with van der Waals surface area (Å²) in [7, 11) is -3.86. The minimum atomic E-state index is -3.86. The molecular formula is C17H15ClFN3O5S. The van der Waals surface area contributed by atoms with Crippen molar-refractivity contribution >= 4 is 33.2 Å². The van der Waals surface area contributed by atoms with Gasteiger partial charge in [-0.25, -0.2) is 12.8 Å². The molecule has 1 aliphatic rings. The largest absolute Gasteiger partial charge is 0.336 e. The van der Waals surface area contributed by atoms with Crippen LogP contribution in [-0.2, 0) is 10.0 Å². The van der Waals surface area contributed by atoms with E-state index in [1.807, 2.05) is 0 Å². The number of carbonyl (C=O) groups excluding carboxylic acids is 1. The Bertz CT molecular complexity index is 1020. The number of sulfonamides is 1. The molecule has 0 N–H and O–H groups in total. The van der Waals surface area contributed by atoms with Gasteiger partial charge in [0, 0.05) is 43.9 Å². The topological polar surface area (TPSA) is 101 Å². The Labute approximate surface area is 165 Å². The van der Waals surface area contributed by atoms with Crippen molar-refractivity contribution in [2.75, 3.05) is 26.2 Å². The lowest BCUT2D eigenvalue weighted by Crippen LogP contribution is -2.50. The molecule has 0 spiro atoms. The number of nitro benzene ring substituents is 1. The van der Waals surface area contributed by atoms with Crippen molar-refractivity contribution in [1.29, 1.82) is 0 Å². The minimum Gasteiger partial charge on any atom is -0.336 e. The summed E-state index contributed by atoms with van der Waals surface area (Å²) >= 11 is 5.67. The van der Waals surface area contributed by atoms with Gasteiger partial charge in [-0.15, -0.1) is 0 Å². The fourth-order valence-electron chi connectivity index (χ4n) is 2.83. The number of nitrogens with zero attached hydrogens (tertiary/aromatic N) is 3. The number of hydrogen-bond acceptors (Lipinski definition) is 5. The van der Waals surface area contributed by atoms with E-state index >= 15 is 0 Å². The van der Waals surface area contributed by atoms with Gasteiger partial charge < -0.3 is 4.90 Å². The molecule has 0 atom stereocenters. The molecule has 3 rings (SSSR count). The molecule has 0 saturated carbocycles. The van der Waals surface area contributed by atoms with E-state index in [0.29, 0.717) is 0 Å². The smallest absolute Gasteiger partial charge is 0.269 e. The number of benzene rings is 2. The Kier molecular flexibility index (Phi) is 5.64. The van der Waals surface area contributed by atoms with Crippen molar-refractivity contribution in [3.8, 4) is 0 Å². The number of amides is 1. The van der Waals surface area contributed by atoms with E-state index in [0.717, 1.165) is 18.2 Å². The molecule has 1 aliphatic heterocycles. The van der Waals surface area contributed by atoms with E-state index in [2.05, 4.69) is 0 Å². The van der Waals surface area contributed by atoms with E-state index in [1.165, 1.54) is 33.5 Å². The van der Waals surface area contributed by atoms with Crippen molar-refractivity contribution in [2.24, 2.45) is 0 Å². The number of hydrogen-bond donors (Lipinski definition) is 0. The van der Waals surface area contributed by atoms with Crippen LogP contribution in [0.1, 0.15) is 10.4 Å². The average Bonchev–Trinajstić information content (AvgIpc) is 2.69. The fourth-order valence-corrected chi connectivity index (χ4v) is 4.52. The van der Waals surface area contributed by atoms with Crippen LogP contribution in [0.2, 0.25) is 5.02 Å². The second-order valence-corrected chi connectivity index (χ2v) is 8.42. The highest BCUT2D eigenvalue weighted by Crippen LogP contribution is 2.23. The molecule has 28 heavy (non-hydrogen) atoms. The lowest BCUT2D eigenvalue weighted by molar-refractivity contribution is -0.384. The summed E-state index contributed by atoms with van der Waals surface area (Å²) in [5.41, 5.74) is 0.164. The quantitative estimate of drug-likeness (QED) is 0.551. The standard InChI is InChI=1S/C17H15ClFN3O5S/c18-15-11-14(5-6-16(15)19)28(26,27)21-9-7-20(8-10-21)17(23)12-1-3-13(4-2-12)22(24)25/h1-6,11H,7-10H2. The molecular weight excluding hydrogens is 413 g/mol. The SMILES string of the molecule is O=C(c1ccc([N+](=O)[O-])cc1)N1CCN(S(=O)(=O)c2ccc(F)c(Cl)c2)CC1. The molecule has 2 aromatic carbocycles. The molecule has 2 aromatic rings. The average molecular weight is 428 g/mol. The monoisotopic (exact) mass is 427 g/mol. The van der Waals surface area contributed by atoms with Gasteiger partial charge in [0.25, 0.3) is 11.6 Å². The number of halogens is 2. The van der Waals surface area contributed by atoms with Gasteiger partial charge in [-0.05, 0) is 30.3 Å². The third kappa shape index (κ3) is 3.98. The van der Waals surface area contributed by atoms with Crippen LogP contribution in [0.15, 0.2) is 47.4 Å². The Morgan fingerprint density at radius 1 is 1.07 bits per heavy atom. The van der Waals surface area contributed by atoms with Crippen LogP contribution in [0.25, 0.3) is 0 Å². The summed E-state index contributed by atoms with van der Waals surface area (Å²) in [4.78, 5) is 24.0. The Morgan fingerprint density at radius 3 is 2.21 bits per heavy atom. The van der Waals surface area contributed by atoms with Crippen LogP contribution in [0, 0.1) is 15.9 Å². The van der Waals surface area contributed by atoms with Gasteiger partial charge in [0.05, 0.1) is 14.8 Å². The van der Waals surface area contributed by atoms with Gasteiger partial charge in [-0.2, -0.15) is 4.31 Å². The van der Waals surface area contributed by atoms with Crippen LogP contribution < -0.4 is 0 Å². The first kappa shape index (κ1) is 20.2. The molecule has 1 fully saturated rings. The normalized spacial score (nSPS) is 15.4. The molecule has 0 aliphatic carbocycles. The van der Waals surface area contributed by atoms with Gasteiger partial charge in [-0.3, -0.25) is 14.9 Å². The van der Waals surface area contributed by atoms with Gasteiger partial charge in [-0.1, -0.05) is 11.6 Å². The summed E-state index contributed by atoms with van der Waals surface area (Å²) in [6, 6.07) is 8.40. The van der Waals surface area contributed by atoms with Crippen molar-refractivity contribution in [2.45, 2.75) is 4.90 Å². The van der Waals surface area contributed by atoms with E-state index in [9.17, 15) is 27.7 Å². The second kappa shape index (κ2) is 7.82. The molecule has 0 aromatic heterocycles. The predicted octanol–water partition coefficient (Wildman–Crippen LogP) is 2.53. The number of non-ortho nitro benzene ring substituents is 1. The molecule has 0 bridgehead atoms. The van der Waals surface area contributed by atoms with Crippen LogP contribution in [0.4, 0.5) is 10.1 Å². The summed E-state index contributed by atoms with van der Waals surface area (Å²) in [6.45, 7) is 0.444. The van der Waals surface area contributed by atoms with E-state index in [-0.39, 0.29) is 53.3 Å². The highest BCUT2D eigenvalue weighted by atomic mass is 35.5. The van der Waals surface area contributed by atoms with Crippen LogP contribution in [0.5, 0.6) is 0 Å². The summed E-state index contributed by atoms with van der Waals surface area (Å²) in [6.07, 6.45) is 0. The fraction of sp³-hybridized carbons (Fsp3) is 0.235. The second-order valence-electron chi connectivity index (χ2n) is 6.08. The number of rotatable bonds is 4. The lowest BCUT2D eigenvalue weighted by Gasteiger charge is -2.34. The molecule has 1 saturated heterocycles. The first-order chi connectivity index (χ1) is 13.2. The van der Waals surface area contributed by atoms with Gasteiger partial charge >= 0.3 is 0 Å². The Morgan fingerprint density at radius 2 is 1.68 bits per heavy atom. The van der Waals surface area contributed by atoms with E-state index in [1.54, 1.807) is 0 Å². The molecule has 0 radical (unpaired) electrons. The number of piperazine rings is 1. The third-order valence-electron chi connectivity index (χ3n) is 4.38. The van der Waals surface area contributed by atoms with Crippen molar-refractivity contribution < 1.29 is 22.5 Å². The maximum atomic E-state index is 13.3. The third-order valence-corrected chi connectivity index (χ3v) is 6.56. The minimum absolute atomic E-state index is 0.0655. The number of nitro groups is 1. The van der Waals surface area contributed by atoms with Crippen LogP contribution in [-0.4, -0.2) is 54.6 Å². The van der Waals surface area contributed by atoms with Crippen molar-refractivity contribution in [3.63, 3.8) is 0 Å². The van der Waals surface area contributed by atoms with E-state index < -0.39 is 20.8 Å². The predicted molar refractivity (Wildman–Crippen MR) is 99.2 cm³/mol. The highest BCUT2D eigenvalue weighted by molar-refractivity contribution is 7.89. The first-order valence-corrected chi connectivity index (χ1v) is 10.0. The molecule has 1 amide bonds. The number of carbonyl (C=O) groups is 1. The highest BCUT2D eigenvalue weighted by Gasteiger charge is 2.31. The van der Waals surface area contributed by atoms with Gasteiger partial charge in [0.2, 0.25) is 10.0 Å². The maximum Gasteiger partial charge on any atom is 0.269 e. The molecule has 8 nitrogen and oxygen atoms in total. The molecule has 11 heteroatoms. The summed E-state index contributed by atoms with van der Waals surface area (Å²) in [5, 5.41) is 10.4. The Balaban J connectivity index is 1.68. The zero-order valence-corrected chi connectivity index (χ0v) is 16.0. The maximum absolute atomic E-state index is 13.3. The van der Waals surface area contributed by atoms with Crippen molar-refractivity contribution in [1.82, 2.24) is 9.21 Å². The zero-order valence-electron chi connectivity index (χ0n) is 14.4. The van der Waals surface area contributed by atoms with Crippen LogP contribution >= 0.6 is 11.6 Å². The zero-order chi connectivity index (χ0) is 20.5. The first-order valence-electron chi connectivity index (χ1n) is 8.19. The summed E-state index contributed by atoms with van der Waals surface area (Å²) < 4.78 is 39.8. The van der Waals surface area contributed by atoms with Crippen molar-refractivity contribution in [3.05, 3.63) is 69.0 Å². The molecule has 0 unspecified atom stereocenters. The molecule has 1 heterocycles. The van der Waals surface area contributed by atoms with Crippen LogP contribution in [0.3, 0.4) is 0 Å².